The van der Waals surface area contributed by atoms with Gasteiger partial charge in [0.1, 0.15) is 16.8 Å². The minimum absolute atomic E-state index is 0.0183. The lowest BCUT2D eigenvalue weighted by Crippen LogP contribution is -2.26. The van der Waals surface area contributed by atoms with Crippen LogP contribution in [-0.4, -0.2) is 16.4 Å². The maximum atomic E-state index is 13.4. The van der Waals surface area contributed by atoms with Crippen LogP contribution in [0.1, 0.15) is 22.8 Å². The van der Waals surface area contributed by atoms with Crippen molar-refractivity contribution in [2.45, 2.75) is 13.3 Å². The summed E-state index contributed by atoms with van der Waals surface area (Å²) in [5.74, 6) is -1.22. The van der Waals surface area contributed by atoms with E-state index >= 15 is 0 Å². The summed E-state index contributed by atoms with van der Waals surface area (Å²) >= 11 is 0. The number of nitrogens with one attached hydrogen (secondary N) is 1. The van der Waals surface area contributed by atoms with Gasteiger partial charge in [-0.05, 0) is 18.1 Å². The van der Waals surface area contributed by atoms with Crippen LogP contribution >= 0.6 is 0 Å². The maximum absolute atomic E-state index is 13.4. The number of halogens is 1. The topological polar surface area (TPSA) is 46.2 Å². The van der Waals surface area contributed by atoms with Crippen molar-refractivity contribution in [3.05, 3.63) is 35.1 Å². The monoisotopic (exact) mass is 229 g/mol. The molecule has 1 amide bonds. The maximum Gasteiger partial charge on any atom is 0.266 e. The van der Waals surface area contributed by atoms with Crippen LogP contribution < -0.4 is 4.72 Å². The summed E-state index contributed by atoms with van der Waals surface area (Å²) in [5.41, 5.74) is 0.591. The Hall–Kier alpha value is -1.23. The normalized spacial score (nSPS) is 12.2. The zero-order valence-corrected chi connectivity index (χ0v) is 9.36. The molecular weight excluding hydrogens is 217 g/mol. The van der Waals surface area contributed by atoms with E-state index in [0.717, 1.165) is 0 Å². The fourth-order valence-corrected chi connectivity index (χ4v) is 1.66. The predicted molar refractivity (Wildman–Crippen MR) is 57.3 cm³/mol. The van der Waals surface area contributed by atoms with Crippen LogP contribution in [0.3, 0.4) is 0 Å². The first kappa shape index (κ1) is 11.8. The number of rotatable bonds is 3. The molecule has 82 valence electrons. The molecule has 0 radical (unpaired) electrons. The Morgan fingerprint density at radius 1 is 1.53 bits per heavy atom. The largest absolute Gasteiger partial charge is 0.271 e. The molecule has 3 nitrogen and oxygen atoms in total. The van der Waals surface area contributed by atoms with Gasteiger partial charge in [0.15, 0.2) is 0 Å². The first-order valence-corrected chi connectivity index (χ1v) is 6.03. The van der Waals surface area contributed by atoms with Crippen LogP contribution in [0.15, 0.2) is 18.2 Å². The fourth-order valence-electron chi connectivity index (χ4n) is 1.30. The molecule has 5 heteroatoms. The van der Waals surface area contributed by atoms with Gasteiger partial charge in [-0.1, -0.05) is 19.1 Å². The van der Waals surface area contributed by atoms with E-state index in [9.17, 15) is 13.4 Å². The van der Waals surface area contributed by atoms with Gasteiger partial charge in [-0.25, -0.2) is 8.60 Å². The fraction of sp³-hybridized carbons (Fsp3) is 0.300. The first-order valence-electron chi connectivity index (χ1n) is 4.48. The van der Waals surface area contributed by atoms with Crippen LogP contribution in [0.5, 0.6) is 0 Å². The Kier molecular flexibility index (Phi) is 3.96. The van der Waals surface area contributed by atoms with Gasteiger partial charge in [-0.3, -0.25) is 9.52 Å². The predicted octanol–water partition coefficient (Wildman–Crippen LogP) is 1.41. The average Bonchev–Trinajstić information content (AvgIpc) is 2.15. The molecule has 0 aromatic heterocycles. The molecule has 1 aromatic carbocycles. The molecule has 0 aliphatic rings. The van der Waals surface area contributed by atoms with Crippen LogP contribution in [0.4, 0.5) is 4.39 Å². The Morgan fingerprint density at radius 3 is 2.73 bits per heavy atom. The summed E-state index contributed by atoms with van der Waals surface area (Å²) in [6, 6.07) is 4.44. The molecule has 1 N–H and O–H groups in total. The van der Waals surface area contributed by atoms with Gasteiger partial charge in [-0.2, -0.15) is 0 Å². The minimum Gasteiger partial charge on any atom is -0.271 e. The highest BCUT2D eigenvalue weighted by atomic mass is 32.2. The third kappa shape index (κ3) is 2.86. The number of amides is 1. The number of carbonyl (C=O) groups is 1. The standard InChI is InChI=1S/C10H12FNO2S/c1-3-7-5-4-6-8(11)9(7)10(13)12-15(2)14/h4-6H,3H2,1-2H3,(H,12,13). The molecule has 0 saturated heterocycles. The zero-order chi connectivity index (χ0) is 11.4. The summed E-state index contributed by atoms with van der Waals surface area (Å²) in [6.45, 7) is 1.83. The third-order valence-electron chi connectivity index (χ3n) is 1.94. The highest BCUT2D eigenvalue weighted by Gasteiger charge is 2.15. The lowest BCUT2D eigenvalue weighted by atomic mass is 10.0. The highest BCUT2D eigenvalue weighted by molar-refractivity contribution is 7.82. The second-order valence-electron chi connectivity index (χ2n) is 3.01. The molecular formula is C10H12FNO2S. The number of carbonyl (C=O) groups excluding carboxylic acids is 1. The van der Waals surface area contributed by atoms with Crippen LogP contribution in [0, 0.1) is 5.82 Å². The van der Waals surface area contributed by atoms with E-state index in [2.05, 4.69) is 4.72 Å². The van der Waals surface area contributed by atoms with E-state index in [4.69, 9.17) is 0 Å². The van der Waals surface area contributed by atoms with E-state index in [-0.39, 0.29) is 5.56 Å². The molecule has 0 spiro atoms. The van der Waals surface area contributed by atoms with Crippen molar-refractivity contribution < 1.29 is 13.4 Å². The molecule has 1 rings (SSSR count). The highest BCUT2D eigenvalue weighted by Crippen LogP contribution is 2.14. The van der Waals surface area contributed by atoms with Crippen molar-refractivity contribution in [2.24, 2.45) is 0 Å². The zero-order valence-electron chi connectivity index (χ0n) is 8.54. The van der Waals surface area contributed by atoms with Crippen molar-refractivity contribution in [3.8, 4) is 0 Å². The van der Waals surface area contributed by atoms with Crippen molar-refractivity contribution in [3.63, 3.8) is 0 Å². The third-order valence-corrected chi connectivity index (χ3v) is 2.42. The summed E-state index contributed by atoms with van der Waals surface area (Å²) in [7, 11) is -1.48. The van der Waals surface area contributed by atoms with Crippen LogP contribution in [-0.2, 0) is 17.4 Å². The van der Waals surface area contributed by atoms with Crippen molar-refractivity contribution in [1.82, 2.24) is 4.72 Å². The smallest absolute Gasteiger partial charge is 0.266 e. The van der Waals surface area contributed by atoms with Crippen molar-refractivity contribution in [1.29, 1.82) is 0 Å². The van der Waals surface area contributed by atoms with E-state index in [1.165, 1.54) is 12.3 Å². The van der Waals surface area contributed by atoms with Gasteiger partial charge >= 0.3 is 0 Å². The molecule has 0 aliphatic heterocycles. The Bertz CT molecular complexity index is 406. The second-order valence-corrected chi connectivity index (χ2v) is 4.13. The lowest BCUT2D eigenvalue weighted by molar-refractivity contribution is 0.0978. The number of hydrogen-bond donors (Lipinski definition) is 1. The van der Waals surface area contributed by atoms with Crippen molar-refractivity contribution >= 4 is 16.9 Å². The summed E-state index contributed by atoms with van der Waals surface area (Å²) in [6.07, 6.45) is 1.88. The van der Waals surface area contributed by atoms with Gasteiger partial charge in [0.05, 0.1) is 5.56 Å². The van der Waals surface area contributed by atoms with Crippen LogP contribution in [0.2, 0.25) is 0 Å². The van der Waals surface area contributed by atoms with Gasteiger partial charge in [-0.15, -0.1) is 0 Å². The summed E-state index contributed by atoms with van der Waals surface area (Å²) < 4.78 is 26.3. The van der Waals surface area contributed by atoms with Crippen molar-refractivity contribution in [2.75, 3.05) is 6.26 Å². The quantitative estimate of drug-likeness (QED) is 0.851. The van der Waals surface area contributed by atoms with Gasteiger partial charge in [0.25, 0.3) is 5.91 Å². The van der Waals surface area contributed by atoms with E-state index < -0.39 is 22.7 Å². The van der Waals surface area contributed by atoms with Gasteiger partial charge < -0.3 is 0 Å². The SMILES string of the molecule is CCc1cccc(F)c1C(=O)NS(C)=O. The molecule has 1 atom stereocenters. The Labute approximate surface area is 90.3 Å². The molecule has 0 aliphatic carbocycles. The van der Waals surface area contributed by atoms with Crippen LogP contribution in [0.25, 0.3) is 0 Å². The summed E-state index contributed by atoms with van der Waals surface area (Å²) in [5, 5.41) is 0. The van der Waals surface area contributed by atoms with E-state index in [0.29, 0.717) is 12.0 Å². The molecule has 0 saturated carbocycles. The molecule has 1 aromatic rings. The van der Waals surface area contributed by atoms with Gasteiger partial charge in [0.2, 0.25) is 0 Å². The summed E-state index contributed by atoms with van der Waals surface area (Å²) in [4.78, 5) is 11.5. The Balaban J connectivity index is 3.11. The Morgan fingerprint density at radius 2 is 2.20 bits per heavy atom. The minimum atomic E-state index is -1.48. The number of benzene rings is 1. The number of hydrogen-bond acceptors (Lipinski definition) is 2. The second kappa shape index (κ2) is 5.02. The average molecular weight is 229 g/mol. The molecule has 0 fully saturated rings. The van der Waals surface area contributed by atoms with E-state index in [1.807, 2.05) is 6.92 Å². The molecule has 0 bridgehead atoms. The first-order chi connectivity index (χ1) is 7.06. The van der Waals surface area contributed by atoms with E-state index in [1.54, 1.807) is 12.1 Å². The molecule has 15 heavy (non-hydrogen) atoms. The van der Waals surface area contributed by atoms with Gasteiger partial charge in [0, 0.05) is 6.26 Å². The molecule has 0 heterocycles. The lowest BCUT2D eigenvalue weighted by Gasteiger charge is -2.07. The number of aryl methyl sites for hydroxylation is 1. The molecule has 1 unspecified atom stereocenters.